The molecule has 3 heterocycles. The number of rotatable bonds is 3. The summed E-state index contributed by atoms with van der Waals surface area (Å²) in [5.74, 6) is 0.716. The van der Waals surface area contributed by atoms with Crippen LogP contribution in [0, 0.1) is 5.92 Å². The maximum Gasteiger partial charge on any atom is 0.405 e. The summed E-state index contributed by atoms with van der Waals surface area (Å²) in [6.07, 6.45) is 2.55. The fraction of sp³-hybridized carbons (Fsp3) is 0.812. The summed E-state index contributed by atoms with van der Waals surface area (Å²) < 4.78 is 37.6. The monoisotopic (exact) mass is 330 g/mol. The van der Waals surface area contributed by atoms with Crippen LogP contribution in [0.2, 0.25) is 0 Å². The molecule has 0 saturated carbocycles. The lowest BCUT2D eigenvalue weighted by Crippen LogP contribution is -2.58. The number of nitrogens with two attached hydrogens (primary N) is 1. The molecule has 2 saturated heterocycles. The number of aliphatic imine (C=N–C) groups is 1. The fourth-order valence-corrected chi connectivity index (χ4v) is 4.26. The molecule has 0 amide bonds. The van der Waals surface area contributed by atoms with Crippen LogP contribution in [0.5, 0.6) is 0 Å². The molecule has 0 aromatic heterocycles. The fourth-order valence-electron chi connectivity index (χ4n) is 4.26. The molecule has 4 nitrogen and oxygen atoms in total. The molecule has 3 aliphatic rings. The SMILES string of the molecule is CC1=NC(N(C)CC(F)(F)F)=CCC1(N)C1CC2CCC(C1)N2. The molecule has 2 fully saturated rings. The average Bonchev–Trinajstić information content (AvgIpc) is 2.78. The van der Waals surface area contributed by atoms with E-state index in [0.717, 1.165) is 23.5 Å². The van der Waals surface area contributed by atoms with Crippen molar-refractivity contribution in [2.75, 3.05) is 13.6 Å². The van der Waals surface area contributed by atoms with Crippen molar-refractivity contribution in [3.63, 3.8) is 0 Å². The van der Waals surface area contributed by atoms with Crippen molar-refractivity contribution in [2.24, 2.45) is 16.6 Å². The van der Waals surface area contributed by atoms with Crippen LogP contribution in [0.3, 0.4) is 0 Å². The zero-order valence-corrected chi connectivity index (χ0v) is 13.7. The summed E-state index contributed by atoms with van der Waals surface area (Å²) in [6, 6.07) is 1.07. The van der Waals surface area contributed by atoms with E-state index >= 15 is 0 Å². The van der Waals surface area contributed by atoms with Gasteiger partial charge in [0.1, 0.15) is 12.4 Å². The molecule has 3 unspecified atom stereocenters. The summed E-state index contributed by atoms with van der Waals surface area (Å²) in [6.45, 7) is 0.864. The van der Waals surface area contributed by atoms with Crippen LogP contribution in [0.25, 0.3) is 0 Å². The highest BCUT2D eigenvalue weighted by atomic mass is 19.4. The van der Waals surface area contributed by atoms with E-state index in [0.29, 0.717) is 30.2 Å². The smallest absolute Gasteiger partial charge is 0.351 e. The summed E-state index contributed by atoms with van der Waals surface area (Å²) in [7, 11) is 1.42. The highest BCUT2D eigenvalue weighted by molar-refractivity contribution is 5.93. The molecule has 0 spiro atoms. The van der Waals surface area contributed by atoms with Crippen LogP contribution in [0.4, 0.5) is 13.2 Å². The van der Waals surface area contributed by atoms with E-state index in [1.807, 2.05) is 6.92 Å². The Morgan fingerprint density at radius 3 is 2.48 bits per heavy atom. The van der Waals surface area contributed by atoms with E-state index in [1.165, 1.54) is 19.9 Å². The van der Waals surface area contributed by atoms with Gasteiger partial charge in [-0.25, -0.2) is 4.99 Å². The van der Waals surface area contributed by atoms with Crippen LogP contribution in [0.15, 0.2) is 16.9 Å². The molecule has 0 aliphatic carbocycles. The Morgan fingerprint density at radius 1 is 1.35 bits per heavy atom. The average molecular weight is 330 g/mol. The number of piperidine rings is 1. The van der Waals surface area contributed by atoms with Crippen molar-refractivity contribution in [2.45, 2.75) is 62.8 Å². The second-order valence-electron chi connectivity index (χ2n) is 7.28. The standard InChI is InChI=1S/C16H25F3N4/c1-10-15(20,11-7-12-3-4-13(8-11)22-12)6-5-14(21-10)23(2)9-16(17,18)19/h5,11-13,22H,3-4,6-9,20H2,1-2H3. The number of nitrogens with zero attached hydrogens (tertiary/aromatic N) is 2. The van der Waals surface area contributed by atoms with Gasteiger partial charge in [-0.1, -0.05) is 0 Å². The molecular weight excluding hydrogens is 305 g/mol. The minimum Gasteiger partial charge on any atom is -0.351 e. The number of hydrogen-bond donors (Lipinski definition) is 2. The predicted octanol–water partition coefficient (Wildman–Crippen LogP) is 2.41. The molecule has 0 aromatic carbocycles. The van der Waals surface area contributed by atoms with Gasteiger partial charge in [0.05, 0.1) is 5.54 Å². The largest absolute Gasteiger partial charge is 0.405 e. The highest BCUT2D eigenvalue weighted by Gasteiger charge is 2.45. The Bertz CT molecular complexity index is 516. The Labute approximate surface area is 135 Å². The van der Waals surface area contributed by atoms with Crippen molar-refractivity contribution >= 4 is 5.71 Å². The lowest BCUT2D eigenvalue weighted by atomic mass is 9.71. The van der Waals surface area contributed by atoms with Crippen LogP contribution in [-0.2, 0) is 0 Å². The number of hydrogen-bond acceptors (Lipinski definition) is 4. The maximum absolute atomic E-state index is 12.5. The van der Waals surface area contributed by atoms with Crippen molar-refractivity contribution in [3.05, 3.63) is 11.9 Å². The van der Waals surface area contributed by atoms with Crippen molar-refractivity contribution in [1.29, 1.82) is 0 Å². The Hall–Kier alpha value is -1.08. The molecule has 0 radical (unpaired) electrons. The van der Waals surface area contributed by atoms with Crippen molar-refractivity contribution < 1.29 is 13.2 Å². The zero-order chi connectivity index (χ0) is 16.8. The van der Waals surface area contributed by atoms with E-state index in [-0.39, 0.29) is 0 Å². The minimum atomic E-state index is -4.23. The number of fused-ring (bicyclic) bond motifs is 2. The van der Waals surface area contributed by atoms with Crippen LogP contribution in [-0.4, -0.2) is 48.0 Å². The lowest BCUT2D eigenvalue weighted by Gasteiger charge is -2.43. The molecule has 23 heavy (non-hydrogen) atoms. The second-order valence-corrected chi connectivity index (χ2v) is 7.28. The van der Waals surface area contributed by atoms with Gasteiger partial charge in [-0.05, 0) is 51.0 Å². The van der Waals surface area contributed by atoms with Gasteiger partial charge in [0.15, 0.2) is 0 Å². The van der Waals surface area contributed by atoms with Gasteiger partial charge in [0.2, 0.25) is 0 Å². The third kappa shape index (κ3) is 3.40. The second kappa shape index (κ2) is 5.77. The van der Waals surface area contributed by atoms with Gasteiger partial charge in [0, 0.05) is 24.8 Å². The first kappa shape index (κ1) is 16.8. The third-order valence-corrected chi connectivity index (χ3v) is 5.59. The molecule has 0 aromatic rings. The minimum absolute atomic E-state index is 0.343. The first-order chi connectivity index (χ1) is 10.7. The van der Waals surface area contributed by atoms with Crippen LogP contribution < -0.4 is 11.1 Å². The van der Waals surface area contributed by atoms with Gasteiger partial charge < -0.3 is 16.0 Å². The van der Waals surface area contributed by atoms with Gasteiger partial charge in [-0.2, -0.15) is 13.2 Å². The van der Waals surface area contributed by atoms with Crippen molar-refractivity contribution in [3.8, 4) is 0 Å². The Morgan fingerprint density at radius 2 is 1.96 bits per heavy atom. The van der Waals surface area contributed by atoms with E-state index < -0.39 is 18.3 Å². The normalized spacial score (nSPS) is 37.4. The zero-order valence-electron chi connectivity index (χ0n) is 13.7. The molecular formula is C16H25F3N4. The third-order valence-electron chi connectivity index (χ3n) is 5.59. The summed E-state index contributed by atoms with van der Waals surface area (Å²) in [5.41, 5.74) is 6.91. The molecule has 3 aliphatic heterocycles. The van der Waals surface area contributed by atoms with Crippen LogP contribution >= 0.6 is 0 Å². The number of nitrogens with one attached hydrogen (secondary N) is 1. The molecule has 130 valence electrons. The molecule has 2 bridgehead atoms. The highest BCUT2D eigenvalue weighted by Crippen LogP contribution is 2.40. The van der Waals surface area contributed by atoms with Crippen molar-refractivity contribution in [1.82, 2.24) is 10.2 Å². The molecule has 3 rings (SSSR count). The first-order valence-corrected chi connectivity index (χ1v) is 8.26. The van der Waals surface area contributed by atoms with Gasteiger partial charge in [-0.15, -0.1) is 0 Å². The quantitative estimate of drug-likeness (QED) is 0.835. The molecule has 3 N–H and O–H groups in total. The Balaban J connectivity index is 1.71. The van der Waals surface area contributed by atoms with Gasteiger partial charge in [0.25, 0.3) is 0 Å². The number of alkyl halides is 3. The summed E-state index contributed by atoms with van der Waals surface area (Å²) in [5, 5.41) is 3.60. The topological polar surface area (TPSA) is 53.6 Å². The molecule has 7 heteroatoms. The number of halogens is 3. The summed E-state index contributed by atoms with van der Waals surface area (Å²) in [4.78, 5) is 5.57. The lowest BCUT2D eigenvalue weighted by molar-refractivity contribution is -0.139. The Kier molecular flexibility index (Phi) is 4.21. The van der Waals surface area contributed by atoms with Crippen LogP contribution in [0.1, 0.15) is 39.0 Å². The predicted molar refractivity (Wildman–Crippen MR) is 84.1 cm³/mol. The first-order valence-electron chi connectivity index (χ1n) is 8.26. The van der Waals surface area contributed by atoms with E-state index in [2.05, 4.69) is 10.3 Å². The van der Waals surface area contributed by atoms with E-state index in [1.54, 1.807) is 6.08 Å². The van der Waals surface area contributed by atoms with E-state index in [4.69, 9.17) is 5.73 Å². The maximum atomic E-state index is 12.5. The van der Waals surface area contributed by atoms with E-state index in [9.17, 15) is 13.2 Å². The van der Waals surface area contributed by atoms with Gasteiger partial charge >= 0.3 is 6.18 Å². The summed E-state index contributed by atoms with van der Waals surface area (Å²) >= 11 is 0. The molecule has 3 atom stereocenters. The van der Waals surface area contributed by atoms with Gasteiger partial charge in [-0.3, -0.25) is 0 Å².